The van der Waals surface area contributed by atoms with E-state index in [2.05, 4.69) is 15.8 Å². The molecule has 2 amide bonds. The largest absolute Gasteiger partial charge is 0.493 e. The predicted octanol–water partition coefficient (Wildman–Crippen LogP) is 5.49. The number of carbonyl (C=O) groups excluding carboxylic acids is 2. The first-order chi connectivity index (χ1) is 17.3. The lowest BCUT2D eigenvalue weighted by atomic mass is 10.2. The zero-order chi connectivity index (χ0) is 26.1. The molecule has 0 heterocycles. The van der Waals surface area contributed by atoms with Crippen molar-refractivity contribution in [3.05, 3.63) is 81.3 Å². The summed E-state index contributed by atoms with van der Waals surface area (Å²) in [6.07, 6.45) is 1.39. The van der Waals surface area contributed by atoms with Crippen LogP contribution in [0.25, 0.3) is 0 Å². The highest BCUT2D eigenvalue weighted by Gasteiger charge is 2.13. The highest BCUT2D eigenvalue weighted by atomic mass is 35.5. The van der Waals surface area contributed by atoms with Gasteiger partial charge >= 0.3 is 0 Å². The summed E-state index contributed by atoms with van der Waals surface area (Å²) < 4.78 is 16.2. The number of hydrogen-bond acceptors (Lipinski definition) is 6. The molecule has 0 spiro atoms. The zero-order valence-electron chi connectivity index (χ0n) is 19.9. The van der Waals surface area contributed by atoms with Crippen LogP contribution in [0, 0.1) is 6.92 Å². The van der Waals surface area contributed by atoms with Gasteiger partial charge < -0.3 is 19.5 Å². The minimum Gasteiger partial charge on any atom is -0.493 e. The fourth-order valence-corrected chi connectivity index (χ4v) is 3.78. The van der Waals surface area contributed by atoms with Gasteiger partial charge in [-0.3, -0.25) is 9.59 Å². The second kappa shape index (κ2) is 12.8. The molecule has 0 bridgehead atoms. The summed E-state index contributed by atoms with van der Waals surface area (Å²) >= 11 is 12.6. The van der Waals surface area contributed by atoms with Gasteiger partial charge in [-0.25, -0.2) is 5.43 Å². The average Bonchev–Trinajstić information content (AvgIpc) is 2.83. The van der Waals surface area contributed by atoms with Crippen molar-refractivity contribution in [3.8, 4) is 17.2 Å². The second-order valence-electron chi connectivity index (χ2n) is 7.52. The maximum Gasteiger partial charge on any atom is 0.271 e. The molecule has 188 valence electrons. The molecule has 8 nitrogen and oxygen atoms in total. The lowest BCUT2D eigenvalue weighted by Crippen LogP contribution is -2.20. The van der Waals surface area contributed by atoms with Gasteiger partial charge in [-0.15, -0.1) is 0 Å². The van der Waals surface area contributed by atoms with E-state index in [-0.39, 0.29) is 28.3 Å². The molecule has 0 unspecified atom stereocenters. The number of benzene rings is 3. The first-order valence-corrected chi connectivity index (χ1v) is 11.7. The van der Waals surface area contributed by atoms with Gasteiger partial charge in [0.15, 0.2) is 23.9 Å². The van der Waals surface area contributed by atoms with E-state index in [1.54, 1.807) is 36.4 Å². The molecule has 0 atom stereocenters. The number of halogens is 2. The van der Waals surface area contributed by atoms with Gasteiger partial charge in [-0.05, 0) is 67.4 Å². The van der Waals surface area contributed by atoms with Gasteiger partial charge in [0.1, 0.15) is 0 Å². The summed E-state index contributed by atoms with van der Waals surface area (Å²) in [5.41, 5.74) is 4.99. The van der Waals surface area contributed by atoms with Gasteiger partial charge in [0.2, 0.25) is 0 Å². The smallest absolute Gasteiger partial charge is 0.271 e. The van der Waals surface area contributed by atoms with Crippen molar-refractivity contribution in [2.75, 3.05) is 25.6 Å². The average molecular weight is 530 g/mol. The topological polar surface area (TPSA) is 98.3 Å². The Kier molecular flexibility index (Phi) is 9.55. The lowest BCUT2D eigenvalue weighted by molar-refractivity contribution is -0.118. The van der Waals surface area contributed by atoms with Gasteiger partial charge in [0, 0.05) is 11.3 Å². The van der Waals surface area contributed by atoms with E-state index >= 15 is 0 Å². The van der Waals surface area contributed by atoms with E-state index in [0.29, 0.717) is 34.9 Å². The van der Waals surface area contributed by atoms with Gasteiger partial charge in [0.05, 0.1) is 30.0 Å². The molecular weight excluding hydrogens is 505 g/mol. The van der Waals surface area contributed by atoms with Crippen molar-refractivity contribution < 1.29 is 23.8 Å². The fraction of sp³-hybridized carbons (Fsp3) is 0.192. The van der Waals surface area contributed by atoms with Crippen molar-refractivity contribution in [2.24, 2.45) is 5.10 Å². The third-order valence-corrected chi connectivity index (χ3v) is 5.34. The predicted molar refractivity (Wildman–Crippen MR) is 141 cm³/mol. The highest BCUT2D eigenvalue weighted by Crippen LogP contribution is 2.34. The van der Waals surface area contributed by atoms with Crippen molar-refractivity contribution in [3.63, 3.8) is 0 Å². The molecule has 0 saturated carbocycles. The van der Waals surface area contributed by atoms with Crippen LogP contribution in [0.15, 0.2) is 59.7 Å². The molecule has 0 aliphatic carbocycles. The van der Waals surface area contributed by atoms with Crippen molar-refractivity contribution in [1.82, 2.24) is 5.43 Å². The van der Waals surface area contributed by atoms with E-state index in [1.807, 2.05) is 32.0 Å². The number of amides is 2. The van der Waals surface area contributed by atoms with Crippen LogP contribution in [0.3, 0.4) is 0 Å². The molecule has 0 fully saturated rings. The Morgan fingerprint density at radius 1 is 1.00 bits per heavy atom. The normalized spacial score (nSPS) is 10.7. The maximum atomic E-state index is 12.4. The minimum atomic E-state index is -0.438. The van der Waals surface area contributed by atoms with Crippen LogP contribution < -0.4 is 25.0 Å². The summed E-state index contributed by atoms with van der Waals surface area (Å²) in [5.74, 6) is 0.355. The molecular formula is C26H25Cl2N3O5. The minimum absolute atomic E-state index is 0.167. The number of hydrogen-bond donors (Lipinski definition) is 2. The van der Waals surface area contributed by atoms with Crippen molar-refractivity contribution in [2.45, 2.75) is 13.8 Å². The van der Waals surface area contributed by atoms with E-state index < -0.39 is 5.91 Å². The van der Waals surface area contributed by atoms with Gasteiger partial charge in [-0.1, -0.05) is 35.3 Å². The van der Waals surface area contributed by atoms with Crippen LogP contribution in [0.5, 0.6) is 17.2 Å². The van der Waals surface area contributed by atoms with E-state index in [9.17, 15) is 9.59 Å². The molecule has 0 saturated heterocycles. The van der Waals surface area contributed by atoms with Crippen LogP contribution in [0.2, 0.25) is 10.0 Å². The number of rotatable bonds is 10. The standard InChI is InChI=1S/C26H25Cl2N3O5/c1-4-35-23-13-18(8-9-22(23)34-3)26(33)31-29-14-17-11-20(27)25(21(28)12-17)36-15-24(32)30-19-7-5-6-16(2)10-19/h5-14H,4,15H2,1-3H3,(H,30,32)(H,31,33)/b29-14+. The van der Waals surface area contributed by atoms with Gasteiger partial charge in [-0.2, -0.15) is 5.10 Å². The first kappa shape index (κ1) is 26.8. The number of nitrogens with one attached hydrogen (secondary N) is 2. The first-order valence-electron chi connectivity index (χ1n) is 10.9. The Hall–Kier alpha value is -3.75. The SMILES string of the molecule is CCOc1cc(C(=O)N/N=C/c2cc(Cl)c(OCC(=O)Nc3cccc(C)c3)c(Cl)c2)ccc1OC. The van der Waals surface area contributed by atoms with Crippen molar-refractivity contribution in [1.29, 1.82) is 0 Å². The zero-order valence-corrected chi connectivity index (χ0v) is 21.4. The summed E-state index contributed by atoms with van der Waals surface area (Å²) in [7, 11) is 1.52. The molecule has 3 rings (SSSR count). The third-order valence-electron chi connectivity index (χ3n) is 4.78. The van der Waals surface area contributed by atoms with Gasteiger partial charge in [0.25, 0.3) is 11.8 Å². The maximum absolute atomic E-state index is 12.4. The van der Waals surface area contributed by atoms with E-state index in [1.165, 1.54) is 13.3 Å². The molecule has 0 aromatic heterocycles. The van der Waals surface area contributed by atoms with Crippen LogP contribution >= 0.6 is 23.2 Å². The third kappa shape index (κ3) is 7.37. The van der Waals surface area contributed by atoms with Crippen molar-refractivity contribution >= 4 is 46.9 Å². The summed E-state index contributed by atoms with van der Waals surface area (Å²) in [6, 6.07) is 15.3. The summed E-state index contributed by atoms with van der Waals surface area (Å²) in [6.45, 7) is 3.92. The van der Waals surface area contributed by atoms with E-state index in [0.717, 1.165) is 5.56 Å². The van der Waals surface area contributed by atoms with E-state index in [4.69, 9.17) is 37.4 Å². The number of methoxy groups -OCH3 is 1. The van der Waals surface area contributed by atoms with Crippen LogP contribution in [0.1, 0.15) is 28.4 Å². The number of nitrogens with zero attached hydrogens (tertiary/aromatic N) is 1. The molecule has 0 aliphatic rings. The molecule has 3 aromatic carbocycles. The van der Waals surface area contributed by atoms with Crippen LogP contribution in [-0.2, 0) is 4.79 Å². The Labute approximate surface area is 219 Å². The number of hydrazone groups is 1. The molecule has 0 aliphatic heterocycles. The Morgan fingerprint density at radius 3 is 2.42 bits per heavy atom. The fourth-order valence-electron chi connectivity index (χ4n) is 3.17. The van der Waals surface area contributed by atoms with Crippen LogP contribution in [-0.4, -0.2) is 38.4 Å². The summed E-state index contributed by atoms with van der Waals surface area (Å²) in [4.78, 5) is 24.6. The molecule has 3 aromatic rings. The number of carbonyl (C=O) groups is 2. The molecule has 36 heavy (non-hydrogen) atoms. The summed E-state index contributed by atoms with van der Waals surface area (Å²) in [5, 5.41) is 7.08. The number of aryl methyl sites for hydroxylation is 1. The molecule has 10 heteroatoms. The quantitative estimate of drug-likeness (QED) is 0.267. The highest BCUT2D eigenvalue weighted by molar-refractivity contribution is 6.37. The lowest BCUT2D eigenvalue weighted by Gasteiger charge is -2.11. The number of anilines is 1. The second-order valence-corrected chi connectivity index (χ2v) is 8.33. The monoisotopic (exact) mass is 529 g/mol. The molecule has 0 radical (unpaired) electrons. The number of ether oxygens (including phenoxy) is 3. The Bertz CT molecular complexity index is 1260. The Balaban J connectivity index is 1.60. The van der Waals surface area contributed by atoms with Crippen LogP contribution in [0.4, 0.5) is 5.69 Å². The Morgan fingerprint density at radius 2 is 1.75 bits per heavy atom. The molecule has 2 N–H and O–H groups in total.